The molecular formula is C28H31F4NO4S. The SMILES string of the molecule is CC(O)c1ccc(OCCCN(CCc2ccccc2)Cc2cccc(C(F)(F)F)c2F)cc1S(C)(=O)=O. The van der Waals surface area contributed by atoms with Crippen molar-refractivity contribution in [2.24, 2.45) is 0 Å². The highest BCUT2D eigenvalue weighted by Crippen LogP contribution is 2.33. The van der Waals surface area contributed by atoms with Crippen LogP contribution in [0.4, 0.5) is 17.6 Å². The van der Waals surface area contributed by atoms with Crippen LogP contribution in [-0.4, -0.2) is 44.4 Å². The Morgan fingerprint density at radius 3 is 2.34 bits per heavy atom. The average molecular weight is 554 g/mol. The summed E-state index contributed by atoms with van der Waals surface area (Å²) in [5.41, 5.74) is -0.0104. The normalized spacial score (nSPS) is 13.1. The zero-order valence-corrected chi connectivity index (χ0v) is 22.0. The summed E-state index contributed by atoms with van der Waals surface area (Å²) in [6.07, 6.45) is -3.61. The molecule has 10 heteroatoms. The van der Waals surface area contributed by atoms with Crippen LogP contribution in [-0.2, 0) is 29.0 Å². The molecule has 5 nitrogen and oxygen atoms in total. The van der Waals surface area contributed by atoms with Gasteiger partial charge in [0, 0.05) is 31.5 Å². The van der Waals surface area contributed by atoms with E-state index in [2.05, 4.69) is 0 Å². The van der Waals surface area contributed by atoms with Crippen LogP contribution >= 0.6 is 0 Å². The number of halogens is 4. The summed E-state index contributed by atoms with van der Waals surface area (Å²) >= 11 is 0. The highest BCUT2D eigenvalue weighted by atomic mass is 32.2. The third kappa shape index (κ3) is 8.28. The number of aliphatic hydroxyl groups excluding tert-OH is 1. The Balaban J connectivity index is 1.69. The number of nitrogens with zero attached hydrogens (tertiary/aromatic N) is 1. The van der Waals surface area contributed by atoms with Crippen LogP contribution in [0.1, 0.15) is 41.7 Å². The van der Waals surface area contributed by atoms with Gasteiger partial charge in [-0.3, -0.25) is 4.90 Å². The van der Waals surface area contributed by atoms with Crippen molar-refractivity contribution < 1.29 is 35.8 Å². The topological polar surface area (TPSA) is 66.8 Å². The van der Waals surface area contributed by atoms with E-state index in [4.69, 9.17) is 4.74 Å². The van der Waals surface area contributed by atoms with E-state index in [9.17, 15) is 31.1 Å². The Morgan fingerprint density at radius 2 is 1.71 bits per heavy atom. The molecule has 38 heavy (non-hydrogen) atoms. The van der Waals surface area contributed by atoms with Crippen LogP contribution in [0.5, 0.6) is 5.75 Å². The molecule has 0 saturated carbocycles. The van der Waals surface area contributed by atoms with Crippen molar-refractivity contribution in [2.45, 2.75) is 43.5 Å². The lowest BCUT2D eigenvalue weighted by molar-refractivity contribution is -0.140. The Bertz CT molecular complexity index is 1310. The molecule has 0 amide bonds. The average Bonchev–Trinajstić information content (AvgIpc) is 2.85. The van der Waals surface area contributed by atoms with Gasteiger partial charge in [0.1, 0.15) is 11.6 Å². The number of ether oxygens (including phenoxy) is 1. The maximum Gasteiger partial charge on any atom is 0.419 e. The van der Waals surface area contributed by atoms with Gasteiger partial charge in [-0.05, 0) is 49.1 Å². The fourth-order valence-electron chi connectivity index (χ4n) is 4.11. The van der Waals surface area contributed by atoms with Crippen molar-refractivity contribution in [3.8, 4) is 5.75 Å². The Labute approximate surface area is 220 Å². The molecule has 3 rings (SSSR count). The molecule has 0 saturated heterocycles. The summed E-state index contributed by atoms with van der Waals surface area (Å²) < 4.78 is 84.3. The molecule has 1 unspecified atom stereocenters. The van der Waals surface area contributed by atoms with E-state index in [-0.39, 0.29) is 29.2 Å². The van der Waals surface area contributed by atoms with E-state index in [0.717, 1.165) is 17.9 Å². The van der Waals surface area contributed by atoms with E-state index >= 15 is 0 Å². The highest BCUT2D eigenvalue weighted by molar-refractivity contribution is 7.90. The minimum Gasteiger partial charge on any atom is -0.494 e. The molecule has 1 N–H and O–H groups in total. The fourth-order valence-corrected chi connectivity index (χ4v) is 5.11. The summed E-state index contributed by atoms with van der Waals surface area (Å²) in [5.74, 6) is -0.956. The van der Waals surface area contributed by atoms with Gasteiger partial charge < -0.3 is 9.84 Å². The van der Waals surface area contributed by atoms with Crippen LogP contribution in [0, 0.1) is 5.82 Å². The lowest BCUT2D eigenvalue weighted by atomic mass is 10.1. The molecule has 0 spiro atoms. The molecular weight excluding hydrogens is 522 g/mol. The molecule has 0 aliphatic rings. The summed E-state index contributed by atoms with van der Waals surface area (Å²) in [5, 5.41) is 9.87. The van der Waals surface area contributed by atoms with Crippen molar-refractivity contribution in [1.29, 1.82) is 0 Å². The largest absolute Gasteiger partial charge is 0.494 e. The highest BCUT2D eigenvalue weighted by Gasteiger charge is 2.34. The monoisotopic (exact) mass is 553 g/mol. The van der Waals surface area contributed by atoms with Crippen LogP contribution in [0.15, 0.2) is 71.6 Å². The summed E-state index contributed by atoms with van der Waals surface area (Å²) in [6.45, 7) is 2.56. The second-order valence-corrected chi connectivity index (χ2v) is 11.1. The van der Waals surface area contributed by atoms with Crippen LogP contribution in [0.2, 0.25) is 0 Å². The first-order chi connectivity index (χ1) is 17.9. The lowest BCUT2D eigenvalue weighted by Gasteiger charge is -2.23. The zero-order chi connectivity index (χ0) is 27.9. The second-order valence-electron chi connectivity index (χ2n) is 9.14. The van der Waals surface area contributed by atoms with Crippen LogP contribution in [0.3, 0.4) is 0 Å². The molecule has 3 aromatic rings. The quantitative estimate of drug-likeness (QED) is 0.226. The van der Waals surface area contributed by atoms with E-state index in [1.807, 2.05) is 35.2 Å². The lowest BCUT2D eigenvalue weighted by Crippen LogP contribution is -2.28. The third-order valence-electron chi connectivity index (χ3n) is 6.06. The molecule has 0 fully saturated rings. The third-order valence-corrected chi connectivity index (χ3v) is 7.21. The van der Waals surface area contributed by atoms with Crippen molar-refractivity contribution in [3.63, 3.8) is 0 Å². The molecule has 0 aliphatic carbocycles. The molecule has 206 valence electrons. The standard InChI is InChI=1S/C28H31F4NO4S/c1-20(34)24-13-12-23(18-26(24)38(2,35)36)37-17-7-15-33(16-14-21-8-4-3-5-9-21)19-22-10-6-11-25(27(22)29)28(30,31)32/h3-6,8-13,18,20,34H,7,14-17,19H2,1-2H3. The molecule has 0 aromatic heterocycles. The number of alkyl halides is 3. The van der Waals surface area contributed by atoms with E-state index in [1.165, 1.54) is 31.2 Å². The Morgan fingerprint density at radius 1 is 1.00 bits per heavy atom. The predicted molar refractivity (Wildman–Crippen MR) is 137 cm³/mol. The van der Waals surface area contributed by atoms with Crippen molar-refractivity contribution in [1.82, 2.24) is 4.90 Å². The van der Waals surface area contributed by atoms with E-state index in [0.29, 0.717) is 31.7 Å². The molecule has 3 aromatic carbocycles. The number of aliphatic hydroxyl groups is 1. The van der Waals surface area contributed by atoms with Gasteiger partial charge in [-0.25, -0.2) is 12.8 Å². The number of benzene rings is 3. The maximum atomic E-state index is 14.7. The summed E-state index contributed by atoms with van der Waals surface area (Å²) in [7, 11) is -3.60. The van der Waals surface area contributed by atoms with Crippen molar-refractivity contribution in [3.05, 3.63) is 94.8 Å². The zero-order valence-electron chi connectivity index (χ0n) is 21.2. The van der Waals surface area contributed by atoms with Gasteiger partial charge in [0.2, 0.25) is 0 Å². The number of rotatable bonds is 12. The van der Waals surface area contributed by atoms with Gasteiger partial charge in [-0.15, -0.1) is 0 Å². The Kier molecular flexibility index (Phi) is 9.92. The first-order valence-electron chi connectivity index (χ1n) is 12.1. The predicted octanol–water partition coefficient (Wildman–Crippen LogP) is 5.82. The van der Waals surface area contributed by atoms with Crippen molar-refractivity contribution in [2.75, 3.05) is 26.0 Å². The van der Waals surface area contributed by atoms with E-state index < -0.39 is 33.5 Å². The van der Waals surface area contributed by atoms with Crippen LogP contribution in [0.25, 0.3) is 0 Å². The van der Waals surface area contributed by atoms with Crippen molar-refractivity contribution >= 4 is 9.84 Å². The molecule has 0 heterocycles. The van der Waals surface area contributed by atoms with Gasteiger partial charge in [-0.2, -0.15) is 13.2 Å². The second kappa shape index (κ2) is 12.7. The minimum atomic E-state index is -4.78. The molecule has 1 atom stereocenters. The Hall–Kier alpha value is -2.95. The fraction of sp³-hybridized carbons (Fsp3) is 0.357. The number of hydrogen-bond donors (Lipinski definition) is 1. The van der Waals surface area contributed by atoms with Gasteiger partial charge in [0.15, 0.2) is 9.84 Å². The number of hydrogen-bond acceptors (Lipinski definition) is 5. The summed E-state index contributed by atoms with van der Waals surface area (Å²) in [6, 6.07) is 17.3. The number of sulfone groups is 1. The summed E-state index contributed by atoms with van der Waals surface area (Å²) in [4.78, 5) is 1.85. The van der Waals surface area contributed by atoms with Gasteiger partial charge in [-0.1, -0.05) is 48.5 Å². The van der Waals surface area contributed by atoms with Gasteiger partial charge >= 0.3 is 6.18 Å². The smallest absolute Gasteiger partial charge is 0.419 e. The van der Waals surface area contributed by atoms with Gasteiger partial charge in [0.05, 0.1) is 23.2 Å². The minimum absolute atomic E-state index is 0.0100. The first kappa shape index (κ1) is 29.6. The molecule has 0 aliphatic heterocycles. The maximum absolute atomic E-state index is 14.7. The first-order valence-corrected chi connectivity index (χ1v) is 14.0. The molecule has 0 bridgehead atoms. The van der Waals surface area contributed by atoms with Crippen LogP contribution < -0.4 is 4.74 Å². The molecule has 0 radical (unpaired) electrons. The van der Waals surface area contributed by atoms with Gasteiger partial charge in [0.25, 0.3) is 0 Å². The van der Waals surface area contributed by atoms with E-state index in [1.54, 1.807) is 6.07 Å².